The fraction of sp³-hybridized carbons (Fsp3) is 0.263. The summed E-state index contributed by atoms with van der Waals surface area (Å²) < 4.78 is 14.1. The minimum atomic E-state index is -0.606. The van der Waals surface area contributed by atoms with E-state index in [9.17, 15) is 9.18 Å². The number of amidine groups is 1. The number of piperidine rings is 1. The first-order valence-electron chi connectivity index (χ1n) is 8.55. The zero-order chi connectivity index (χ0) is 17.9. The number of nitrogens with zero attached hydrogens (tertiary/aromatic N) is 2. The van der Waals surface area contributed by atoms with E-state index in [1.54, 1.807) is 17.8 Å². The van der Waals surface area contributed by atoms with Crippen molar-refractivity contribution in [3.8, 4) is 0 Å². The third-order valence-corrected chi connectivity index (χ3v) is 6.54. The number of hydrogen-bond donors (Lipinski definition) is 2. The fourth-order valence-corrected chi connectivity index (χ4v) is 5.42. The zero-order valence-electron chi connectivity index (χ0n) is 13.9. The molecule has 2 unspecified atom stereocenters. The largest absolute Gasteiger partial charge is 0.383 e. The van der Waals surface area contributed by atoms with Gasteiger partial charge in [-0.1, -0.05) is 18.2 Å². The normalized spacial score (nSPS) is 26.5. The summed E-state index contributed by atoms with van der Waals surface area (Å²) in [7, 11) is 0. The molecule has 5 rings (SSSR count). The Morgan fingerprint density at radius 3 is 3.00 bits per heavy atom. The third-order valence-electron chi connectivity index (χ3n) is 5.24. The molecule has 1 spiro atoms. The first-order chi connectivity index (χ1) is 12.6. The molecule has 2 aromatic rings. The molecule has 5 nitrogen and oxygen atoms in total. The fourth-order valence-electron chi connectivity index (χ4n) is 4.00. The molecular formula is C19H17FN4OS. The van der Waals surface area contributed by atoms with E-state index >= 15 is 0 Å². The summed E-state index contributed by atoms with van der Waals surface area (Å²) in [5.74, 6) is -0.0871. The number of aliphatic imine (C=N–C) groups is 1. The van der Waals surface area contributed by atoms with Gasteiger partial charge in [0.1, 0.15) is 17.3 Å². The summed E-state index contributed by atoms with van der Waals surface area (Å²) in [6.45, 7) is 0.583. The summed E-state index contributed by atoms with van der Waals surface area (Å²) in [6.07, 6.45) is 1.25. The molecule has 0 bridgehead atoms. The second-order valence-corrected chi connectivity index (χ2v) is 8.06. The average Bonchev–Trinajstić information content (AvgIpc) is 2.61. The molecule has 0 saturated carbocycles. The number of fused-ring (bicyclic) bond motifs is 3. The molecule has 0 aliphatic carbocycles. The predicted molar refractivity (Wildman–Crippen MR) is 99.8 cm³/mol. The van der Waals surface area contributed by atoms with E-state index in [4.69, 9.17) is 5.73 Å². The first-order valence-corrected chi connectivity index (χ1v) is 9.43. The molecule has 26 heavy (non-hydrogen) atoms. The van der Waals surface area contributed by atoms with Crippen LogP contribution in [0.4, 0.5) is 10.1 Å². The van der Waals surface area contributed by atoms with Crippen LogP contribution >= 0.6 is 11.8 Å². The van der Waals surface area contributed by atoms with Crippen molar-refractivity contribution in [2.24, 2.45) is 10.7 Å². The van der Waals surface area contributed by atoms with Gasteiger partial charge in [0.25, 0.3) is 5.91 Å². The summed E-state index contributed by atoms with van der Waals surface area (Å²) in [6, 6.07) is 12.6. The van der Waals surface area contributed by atoms with E-state index in [2.05, 4.69) is 10.3 Å². The minimum absolute atomic E-state index is 0.0229. The van der Waals surface area contributed by atoms with E-state index in [-0.39, 0.29) is 22.9 Å². The van der Waals surface area contributed by atoms with Crippen molar-refractivity contribution in [3.63, 3.8) is 0 Å². The monoisotopic (exact) mass is 368 g/mol. The van der Waals surface area contributed by atoms with Crippen LogP contribution in [-0.4, -0.2) is 34.2 Å². The molecule has 1 fully saturated rings. The van der Waals surface area contributed by atoms with E-state index < -0.39 is 5.66 Å². The van der Waals surface area contributed by atoms with Gasteiger partial charge in [-0.3, -0.25) is 4.79 Å². The standard InChI is InChI=1S/C19H17FN4OS/c20-12-5-3-6-13-16(12)17(21)23-19(22-13)8-9-24-15(10-19)26-14-7-2-1-4-11(14)18(24)25/h1-7,15,22H,8-10H2,(H2,21,23). The molecular weight excluding hydrogens is 351 g/mol. The molecule has 2 aromatic carbocycles. The topological polar surface area (TPSA) is 70.7 Å². The van der Waals surface area contributed by atoms with Gasteiger partial charge in [0.05, 0.1) is 16.5 Å². The number of nitrogens with one attached hydrogen (secondary N) is 1. The van der Waals surface area contributed by atoms with Gasteiger partial charge in [-0.2, -0.15) is 0 Å². The number of carbonyl (C=O) groups excluding carboxylic acids is 1. The molecule has 1 amide bonds. The van der Waals surface area contributed by atoms with Gasteiger partial charge in [0.15, 0.2) is 0 Å². The Labute approximate surface area is 154 Å². The van der Waals surface area contributed by atoms with Crippen LogP contribution in [-0.2, 0) is 0 Å². The summed E-state index contributed by atoms with van der Waals surface area (Å²) in [4.78, 5) is 20.4. The Morgan fingerprint density at radius 2 is 2.12 bits per heavy atom. The van der Waals surface area contributed by atoms with Crippen LogP contribution in [0.1, 0.15) is 28.8 Å². The molecule has 3 aliphatic heterocycles. The second kappa shape index (κ2) is 5.48. The number of thioether (sulfide) groups is 1. The van der Waals surface area contributed by atoms with Crippen LogP contribution < -0.4 is 11.1 Å². The van der Waals surface area contributed by atoms with Crippen molar-refractivity contribution in [2.45, 2.75) is 28.8 Å². The smallest absolute Gasteiger partial charge is 0.255 e. The van der Waals surface area contributed by atoms with Crippen LogP contribution in [0.5, 0.6) is 0 Å². The molecule has 3 heterocycles. The number of benzene rings is 2. The van der Waals surface area contributed by atoms with Crippen molar-refractivity contribution in [2.75, 3.05) is 11.9 Å². The Balaban J connectivity index is 1.50. The lowest BCUT2D eigenvalue weighted by molar-refractivity contribution is 0.0638. The van der Waals surface area contributed by atoms with Crippen molar-refractivity contribution in [1.29, 1.82) is 0 Å². The quantitative estimate of drug-likeness (QED) is 0.750. The van der Waals surface area contributed by atoms with Crippen molar-refractivity contribution >= 4 is 29.2 Å². The average molecular weight is 368 g/mol. The number of amides is 1. The third kappa shape index (κ3) is 2.23. The Morgan fingerprint density at radius 1 is 1.27 bits per heavy atom. The molecule has 0 radical (unpaired) electrons. The number of hydrogen-bond acceptors (Lipinski definition) is 5. The van der Waals surface area contributed by atoms with Crippen LogP contribution in [0.15, 0.2) is 52.4 Å². The SMILES string of the molecule is NC1=NC2(CCN3C(=O)c4ccccc4SC3C2)Nc2cccc(F)c21. The molecule has 0 aromatic heterocycles. The van der Waals surface area contributed by atoms with Gasteiger partial charge in [0.2, 0.25) is 0 Å². The van der Waals surface area contributed by atoms with Crippen LogP contribution in [0.3, 0.4) is 0 Å². The number of rotatable bonds is 0. The summed E-state index contributed by atoms with van der Waals surface area (Å²) in [5, 5.41) is 3.37. The van der Waals surface area contributed by atoms with Crippen LogP contribution in [0.25, 0.3) is 0 Å². The highest BCUT2D eigenvalue weighted by Gasteiger charge is 2.46. The lowest BCUT2D eigenvalue weighted by Gasteiger charge is -2.48. The lowest BCUT2D eigenvalue weighted by Crippen LogP contribution is -2.56. The molecule has 3 aliphatic rings. The van der Waals surface area contributed by atoms with E-state index in [0.717, 1.165) is 10.5 Å². The van der Waals surface area contributed by atoms with E-state index in [1.807, 2.05) is 35.2 Å². The highest BCUT2D eigenvalue weighted by Crippen LogP contribution is 2.45. The molecule has 2 atom stereocenters. The highest BCUT2D eigenvalue weighted by molar-refractivity contribution is 8.00. The number of nitrogens with two attached hydrogens (primary N) is 1. The zero-order valence-corrected chi connectivity index (χ0v) is 14.7. The Bertz CT molecular complexity index is 962. The summed E-state index contributed by atoms with van der Waals surface area (Å²) >= 11 is 1.68. The van der Waals surface area contributed by atoms with Crippen molar-refractivity contribution in [1.82, 2.24) is 4.90 Å². The highest BCUT2D eigenvalue weighted by atomic mass is 32.2. The number of anilines is 1. The van der Waals surface area contributed by atoms with E-state index in [0.29, 0.717) is 30.6 Å². The lowest BCUT2D eigenvalue weighted by atomic mass is 9.93. The Kier molecular flexibility index (Phi) is 3.31. The maximum atomic E-state index is 14.1. The molecule has 7 heteroatoms. The first kappa shape index (κ1) is 15.7. The van der Waals surface area contributed by atoms with Gasteiger partial charge >= 0.3 is 0 Å². The number of halogens is 1. The van der Waals surface area contributed by atoms with Gasteiger partial charge in [-0.15, -0.1) is 11.8 Å². The van der Waals surface area contributed by atoms with Gasteiger partial charge in [0, 0.05) is 30.0 Å². The summed E-state index contributed by atoms with van der Waals surface area (Å²) in [5.41, 5.74) is 7.26. The molecule has 1 saturated heterocycles. The predicted octanol–water partition coefficient (Wildman–Crippen LogP) is 3.02. The Hall–Kier alpha value is -2.54. The van der Waals surface area contributed by atoms with Crippen molar-refractivity contribution in [3.05, 3.63) is 59.4 Å². The van der Waals surface area contributed by atoms with E-state index in [1.165, 1.54) is 6.07 Å². The minimum Gasteiger partial charge on any atom is -0.383 e. The van der Waals surface area contributed by atoms with Crippen LogP contribution in [0.2, 0.25) is 0 Å². The van der Waals surface area contributed by atoms with Crippen molar-refractivity contribution < 1.29 is 9.18 Å². The second-order valence-electron chi connectivity index (χ2n) is 6.84. The van der Waals surface area contributed by atoms with Gasteiger partial charge < -0.3 is 16.0 Å². The van der Waals surface area contributed by atoms with Crippen LogP contribution in [0, 0.1) is 5.82 Å². The molecule has 3 N–H and O–H groups in total. The molecule has 132 valence electrons. The van der Waals surface area contributed by atoms with Gasteiger partial charge in [-0.25, -0.2) is 9.38 Å². The maximum Gasteiger partial charge on any atom is 0.255 e. The number of carbonyl (C=O) groups is 1. The maximum absolute atomic E-state index is 14.1. The van der Waals surface area contributed by atoms with Gasteiger partial charge in [-0.05, 0) is 24.3 Å².